The fraction of sp³-hybridized carbons (Fsp3) is 0.421. The molecule has 1 aromatic carbocycles. The van der Waals surface area contributed by atoms with Crippen molar-refractivity contribution >= 4 is 11.7 Å². The molecule has 0 aliphatic carbocycles. The second-order valence-electron chi connectivity index (χ2n) is 6.73. The summed E-state index contributed by atoms with van der Waals surface area (Å²) in [5.41, 5.74) is 1.87. The fourth-order valence-corrected chi connectivity index (χ4v) is 3.21. The van der Waals surface area contributed by atoms with E-state index in [0.29, 0.717) is 17.6 Å². The highest BCUT2D eigenvalue weighted by Crippen LogP contribution is 2.28. The van der Waals surface area contributed by atoms with Crippen LogP contribution in [0.3, 0.4) is 0 Å². The van der Waals surface area contributed by atoms with E-state index in [4.69, 9.17) is 0 Å². The number of halogens is 1. The molecule has 0 spiro atoms. The van der Waals surface area contributed by atoms with E-state index in [1.165, 1.54) is 18.3 Å². The Morgan fingerprint density at radius 2 is 2.08 bits per heavy atom. The van der Waals surface area contributed by atoms with Crippen molar-refractivity contribution in [1.82, 2.24) is 20.2 Å². The molecule has 1 amide bonds. The number of likely N-dealkylation sites (N-methyl/N-ethyl adjacent to an activating group) is 1. The summed E-state index contributed by atoms with van der Waals surface area (Å²) >= 11 is 0. The maximum Gasteiger partial charge on any atom is 0.271 e. The zero-order valence-electron chi connectivity index (χ0n) is 15.3. The molecule has 0 bridgehead atoms. The number of carbonyl (C=O) groups is 1. The van der Waals surface area contributed by atoms with Crippen molar-refractivity contribution in [3.05, 3.63) is 53.2 Å². The van der Waals surface area contributed by atoms with Crippen LogP contribution in [0.4, 0.5) is 10.2 Å². The summed E-state index contributed by atoms with van der Waals surface area (Å²) in [5.74, 6) is -0.0141. The number of carbonyl (C=O) groups excluding carboxylic acids is 1. The summed E-state index contributed by atoms with van der Waals surface area (Å²) in [6.07, 6.45) is 2.51. The Balaban J connectivity index is 1.95. The van der Waals surface area contributed by atoms with E-state index in [1.807, 2.05) is 6.92 Å². The summed E-state index contributed by atoms with van der Waals surface area (Å²) in [6.45, 7) is 3.95. The molecule has 7 heteroatoms. The average molecular weight is 357 g/mol. The topological polar surface area (TPSA) is 70.2 Å². The molecule has 2 heterocycles. The number of aromatic nitrogens is 2. The molecule has 1 aromatic heterocycles. The van der Waals surface area contributed by atoms with Gasteiger partial charge in [-0.05, 0) is 37.7 Å². The minimum Gasteiger partial charge on any atom is -0.364 e. The van der Waals surface area contributed by atoms with E-state index in [2.05, 4.69) is 32.5 Å². The van der Waals surface area contributed by atoms with Crippen molar-refractivity contribution in [3.8, 4) is 0 Å². The van der Waals surface area contributed by atoms with Crippen molar-refractivity contribution in [3.63, 3.8) is 0 Å². The van der Waals surface area contributed by atoms with Crippen LogP contribution in [0, 0.1) is 5.82 Å². The van der Waals surface area contributed by atoms with Crippen LogP contribution in [0.25, 0.3) is 0 Å². The number of likely N-dealkylation sites (tertiary alicyclic amines) is 1. The molecule has 2 aromatic rings. The number of rotatable bonds is 5. The lowest BCUT2D eigenvalue weighted by Gasteiger charge is -2.20. The first-order chi connectivity index (χ1) is 12.5. The van der Waals surface area contributed by atoms with Crippen LogP contribution in [-0.2, 0) is 0 Å². The first-order valence-electron chi connectivity index (χ1n) is 8.77. The number of hydrogen-bond acceptors (Lipinski definition) is 5. The van der Waals surface area contributed by atoms with Crippen molar-refractivity contribution in [2.45, 2.75) is 25.3 Å². The van der Waals surface area contributed by atoms with Gasteiger partial charge in [-0.1, -0.05) is 19.1 Å². The molecular weight excluding hydrogens is 333 g/mol. The molecule has 3 rings (SSSR count). The molecule has 1 unspecified atom stereocenters. The molecule has 1 aliphatic heterocycles. The predicted molar refractivity (Wildman–Crippen MR) is 98.9 cm³/mol. The third kappa shape index (κ3) is 3.99. The number of benzene rings is 1. The molecule has 2 atom stereocenters. The van der Waals surface area contributed by atoms with Gasteiger partial charge >= 0.3 is 0 Å². The molecule has 26 heavy (non-hydrogen) atoms. The second kappa shape index (κ2) is 7.78. The summed E-state index contributed by atoms with van der Waals surface area (Å²) in [5, 5.41) is 6.04. The molecule has 0 radical (unpaired) electrons. The lowest BCUT2D eigenvalue weighted by atomic mass is 9.97. The van der Waals surface area contributed by atoms with Gasteiger partial charge in [-0.15, -0.1) is 0 Å². The van der Waals surface area contributed by atoms with Gasteiger partial charge in [-0.3, -0.25) is 4.79 Å². The molecule has 2 N–H and O–H groups in total. The highest BCUT2D eigenvalue weighted by atomic mass is 19.1. The number of nitrogens with zero attached hydrogens (tertiary/aromatic N) is 3. The minimum atomic E-state index is -0.280. The van der Waals surface area contributed by atoms with Gasteiger partial charge in [0.05, 0.1) is 11.9 Å². The van der Waals surface area contributed by atoms with Gasteiger partial charge in [-0.25, -0.2) is 14.4 Å². The van der Waals surface area contributed by atoms with Crippen molar-refractivity contribution in [2.75, 3.05) is 32.5 Å². The van der Waals surface area contributed by atoms with E-state index in [9.17, 15) is 9.18 Å². The quantitative estimate of drug-likeness (QED) is 0.859. The van der Waals surface area contributed by atoms with E-state index >= 15 is 0 Å². The Hall–Kier alpha value is -2.54. The third-order valence-electron chi connectivity index (χ3n) is 4.77. The Kier molecular flexibility index (Phi) is 5.46. The van der Waals surface area contributed by atoms with Crippen LogP contribution in [0.5, 0.6) is 0 Å². The van der Waals surface area contributed by atoms with Gasteiger partial charge < -0.3 is 15.5 Å². The van der Waals surface area contributed by atoms with E-state index in [0.717, 1.165) is 25.1 Å². The summed E-state index contributed by atoms with van der Waals surface area (Å²) in [7, 11) is 3.65. The number of amides is 1. The van der Waals surface area contributed by atoms with E-state index in [-0.39, 0.29) is 23.3 Å². The Labute approximate surface area is 152 Å². The van der Waals surface area contributed by atoms with Gasteiger partial charge in [0.15, 0.2) is 0 Å². The summed E-state index contributed by atoms with van der Waals surface area (Å²) in [4.78, 5) is 23.3. The van der Waals surface area contributed by atoms with Crippen molar-refractivity contribution in [2.24, 2.45) is 0 Å². The zero-order chi connectivity index (χ0) is 18.7. The highest BCUT2D eigenvalue weighted by Gasteiger charge is 2.24. The monoisotopic (exact) mass is 357 g/mol. The highest BCUT2D eigenvalue weighted by molar-refractivity contribution is 5.92. The van der Waals surface area contributed by atoms with Crippen LogP contribution >= 0.6 is 0 Å². The molecule has 0 saturated carbocycles. The molecule has 6 nitrogen and oxygen atoms in total. The van der Waals surface area contributed by atoms with E-state index in [1.54, 1.807) is 19.2 Å². The fourth-order valence-electron chi connectivity index (χ4n) is 3.21. The lowest BCUT2D eigenvalue weighted by molar-refractivity contribution is 0.0957. The van der Waals surface area contributed by atoms with Gasteiger partial charge in [0.25, 0.3) is 5.91 Å². The smallest absolute Gasteiger partial charge is 0.271 e. The predicted octanol–water partition coefficient (Wildman–Crippen LogP) is 2.24. The molecular formula is C19H24FN5O. The number of nitrogens with one attached hydrogen (secondary N) is 2. The van der Waals surface area contributed by atoms with Crippen LogP contribution in [0.15, 0.2) is 30.5 Å². The van der Waals surface area contributed by atoms with Crippen LogP contribution in [0.1, 0.15) is 41.0 Å². The molecule has 138 valence electrons. The largest absolute Gasteiger partial charge is 0.364 e. The minimum absolute atomic E-state index is 0.130. The number of anilines is 1. The zero-order valence-corrected chi connectivity index (χ0v) is 15.3. The van der Waals surface area contributed by atoms with Gasteiger partial charge in [-0.2, -0.15) is 0 Å². The Morgan fingerprint density at radius 3 is 2.69 bits per heavy atom. The Morgan fingerprint density at radius 1 is 1.35 bits per heavy atom. The molecule has 1 aliphatic rings. The van der Waals surface area contributed by atoms with Crippen LogP contribution in [-0.4, -0.2) is 54.0 Å². The SMILES string of the molecule is CNC(=O)c1cnc(NC2CCN(C)C2)c([C@@H](C)c2ccc(F)cc2)n1. The normalized spacial score (nSPS) is 18.5. The van der Waals surface area contributed by atoms with Crippen molar-refractivity contribution < 1.29 is 9.18 Å². The number of hydrogen-bond donors (Lipinski definition) is 2. The van der Waals surface area contributed by atoms with E-state index < -0.39 is 0 Å². The first kappa shape index (κ1) is 18.3. The maximum atomic E-state index is 13.3. The van der Waals surface area contributed by atoms with Crippen molar-refractivity contribution in [1.29, 1.82) is 0 Å². The first-order valence-corrected chi connectivity index (χ1v) is 8.77. The molecule has 1 fully saturated rings. The maximum absolute atomic E-state index is 13.3. The summed E-state index contributed by atoms with van der Waals surface area (Å²) < 4.78 is 13.3. The second-order valence-corrected chi connectivity index (χ2v) is 6.73. The third-order valence-corrected chi connectivity index (χ3v) is 4.77. The molecule has 1 saturated heterocycles. The standard InChI is InChI=1S/C19H24FN5O/c1-12(13-4-6-14(20)7-5-13)17-18(23-15-8-9-25(3)11-15)22-10-16(24-17)19(26)21-2/h4-7,10,12,15H,8-9,11H2,1-3H3,(H,21,26)(H,22,23)/t12-,15?/m0/s1. The van der Waals surface area contributed by atoms with Gasteiger partial charge in [0.2, 0.25) is 0 Å². The van der Waals surface area contributed by atoms with Crippen LogP contribution in [0.2, 0.25) is 0 Å². The average Bonchev–Trinajstić information content (AvgIpc) is 3.06. The van der Waals surface area contributed by atoms with Gasteiger partial charge in [0.1, 0.15) is 17.3 Å². The lowest BCUT2D eigenvalue weighted by Crippen LogP contribution is -2.26. The van der Waals surface area contributed by atoms with Gasteiger partial charge in [0, 0.05) is 25.6 Å². The van der Waals surface area contributed by atoms with Crippen LogP contribution < -0.4 is 10.6 Å². The Bertz CT molecular complexity index is 780. The summed E-state index contributed by atoms with van der Waals surface area (Å²) in [6, 6.07) is 6.63.